The fraction of sp³-hybridized carbons (Fsp3) is 0.833. The van der Waals surface area contributed by atoms with Crippen LogP contribution in [0.3, 0.4) is 0 Å². The molecule has 1 N–H and O–H groups in total. The van der Waals surface area contributed by atoms with E-state index in [0.29, 0.717) is 18.6 Å². The minimum absolute atomic E-state index is 0.0106. The molecular formula is C12H24N2O2. The second kappa shape index (κ2) is 7.39. The second-order valence-electron chi connectivity index (χ2n) is 4.65. The van der Waals surface area contributed by atoms with E-state index in [2.05, 4.69) is 37.9 Å². The van der Waals surface area contributed by atoms with Crippen molar-refractivity contribution in [2.24, 2.45) is 0 Å². The maximum atomic E-state index is 11.2. The highest BCUT2D eigenvalue weighted by Crippen LogP contribution is 2.03. The van der Waals surface area contributed by atoms with Gasteiger partial charge in [0, 0.05) is 25.2 Å². The van der Waals surface area contributed by atoms with Crippen LogP contribution in [-0.2, 0) is 9.59 Å². The van der Waals surface area contributed by atoms with E-state index in [0.717, 1.165) is 6.54 Å². The molecule has 4 heteroatoms. The Kier molecular flexibility index (Phi) is 6.97. The minimum atomic E-state index is -0.181. The smallest absolute Gasteiger partial charge is 0.227 e. The number of nitrogens with zero attached hydrogens (tertiary/aromatic N) is 1. The minimum Gasteiger partial charge on any atom is -0.354 e. The van der Waals surface area contributed by atoms with Gasteiger partial charge in [-0.15, -0.1) is 0 Å². The fourth-order valence-electron chi connectivity index (χ4n) is 1.73. The zero-order valence-corrected chi connectivity index (χ0v) is 11.0. The molecule has 0 aliphatic heterocycles. The van der Waals surface area contributed by atoms with Crippen LogP contribution in [0.25, 0.3) is 0 Å². The van der Waals surface area contributed by atoms with Crippen LogP contribution in [0.4, 0.5) is 0 Å². The number of nitrogens with one attached hydrogen (secondary N) is 1. The average molecular weight is 228 g/mol. The van der Waals surface area contributed by atoms with Crippen LogP contribution in [0.1, 0.15) is 41.0 Å². The first-order chi connectivity index (χ1) is 7.34. The van der Waals surface area contributed by atoms with Gasteiger partial charge in [0.2, 0.25) is 5.91 Å². The molecule has 0 heterocycles. The summed E-state index contributed by atoms with van der Waals surface area (Å²) in [6, 6.07) is 0.925. The van der Waals surface area contributed by atoms with Gasteiger partial charge in [-0.2, -0.15) is 0 Å². The van der Waals surface area contributed by atoms with Gasteiger partial charge in [0.15, 0.2) is 0 Å². The molecule has 0 bridgehead atoms. The van der Waals surface area contributed by atoms with Crippen molar-refractivity contribution >= 4 is 11.7 Å². The molecule has 1 amide bonds. The molecule has 0 fully saturated rings. The van der Waals surface area contributed by atoms with Crippen molar-refractivity contribution in [2.45, 2.75) is 53.1 Å². The van der Waals surface area contributed by atoms with Crippen molar-refractivity contribution in [3.05, 3.63) is 0 Å². The van der Waals surface area contributed by atoms with Gasteiger partial charge >= 0.3 is 0 Å². The van der Waals surface area contributed by atoms with Crippen LogP contribution in [0.15, 0.2) is 0 Å². The topological polar surface area (TPSA) is 49.4 Å². The van der Waals surface area contributed by atoms with Gasteiger partial charge in [-0.25, -0.2) is 0 Å². The predicted molar refractivity (Wildman–Crippen MR) is 65.3 cm³/mol. The summed E-state index contributed by atoms with van der Waals surface area (Å²) in [5.41, 5.74) is 0. The number of Topliss-reactive ketones (excluding diaryl/α,β-unsaturated/α-hetero) is 1. The van der Waals surface area contributed by atoms with Crippen LogP contribution in [-0.4, -0.2) is 41.8 Å². The molecule has 0 saturated heterocycles. The zero-order valence-electron chi connectivity index (χ0n) is 11.0. The van der Waals surface area contributed by atoms with Crippen LogP contribution < -0.4 is 5.32 Å². The predicted octanol–water partition coefficient (Wildman–Crippen LogP) is 1.20. The van der Waals surface area contributed by atoms with Gasteiger partial charge in [-0.05, 0) is 34.6 Å². The molecule has 94 valence electrons. The van der Waals surface area contributed by atoms with Crippen molar-refractivity contribution in [3.8, 4) is 0 Å². The van der Waals surface area contributed by atoms with E-state index in [4.69, 9.17) is 0 Å². The van der Waals surface area contributed by atoms with Gasteiger partial charge < -0.3 is 5.32 Å². The molecule has 0 aromatic heterocycles. The van der Waals surface area contributed by atoms with Gasteiger partial charge in [0.05, 0.1) is 6.42 Å². The van der Waals surface area contributed by atoms with Crippen molar-refractivity contribution < 1.29 is 9.59 Å². The first-order valence-electron chi connectivity index (χ1n) is 5.86. The summed E-state index contributed by atoms with van der Waals surface area (Å²) in [6.07, 6.45) is -0.0106. The summed E-state index contributed by atoms with van der Waals surface area (Å²) in [6.45, 7) is 11.4. The molecular weight excluding hydrogens is 204 g/mol. The number of amides is 1. The number of hydrogen-bond acceptors (Lipinski definition) is 3. The fourth-order valence-corrected chi connectivity index (χ4v) is 1.73. The summed E-state index contributed by atoms with van der Waals surface area (Å²) in [4.78, 5) is 24.2. The summed E-state index contributed by atoms with van der Waals surface area (Å²) in [5, 5.41) is 2.75. The maximum absolute atomic E-state index is 11.2. The van der Waals surface area contributed by atoms with Crippen molar-refractivity contribution in [2.75, 3.05) is 13.1 Å². The molecule has 0 atom stereocenters. The molecule has 0 saturated carbocycles. The Morgan fingerprint density at radius 1 is 1.12 bits per heavy atom. The summed E-state index contributed by atoms with van der Waals surface area (Å²) in [7, 11) is 0. The molecule has 0 rings (SSSR count). The van der Waals surface area contributed by atoms with Crippen molar-refractivity contribution in [1.82, 2.24) is 10.2 Å². The third kappa shape index (κ3) is 6.56. The molecule has 0 spiro atoms. The van der Waals surface area contributed by atoms with E-state index in [1.807, 2.05) is 0 Å². The van der Waals surface area contributed by atoms with Crippen LogP contribution in [0, 0.1) is 0 Å². The summed E-state index contributed by atoms with van der Waals surface area (Å²) >= 11 is 0. The number of carbonyl (C=O) groups is 2. The molecule has 0 unspecified atom stereocenters. The Morgan fingerprint density at radius 2 is 1.62 bits per heavy atom. The molecule has 0 aliphatic carbocycles. The normalized spacial score (nSPS) is 11.2. The van der Waals surface area contributed by atoms with Crippen LogP contribution in [0.2, 0.25) is 0 Å². The number of carbonyl (C=O) groups excluding carboxylic acids is 2. The molecule has 0 radical (unpaired) electrons. The SMILES string of the molecule is CC(=O)CC(=O)NCCN(C(C)C)C(C)C. The van der Waals surface area contributed by atoms with E-state index >= 15 is 0 Å². The number of rotatable bonds is 7. The van der Waals surface area contributed by atoms with E-state index in [9.17, 15) is 9.59 Å². The molecule has 0 aliphatic rings. The van der Waals surface area contributed by atoms with Crippen LogP contribution >= 0.6 is 0 Å². The van der Waals surface area contributed by atoms with E-state index < -0.39 is 0 Å². The largest absolute Gasteiger partial charge is 0.354 e. The number of ketones is 1. The third-order valence-electron chi connectivity index (χ3n) is 2.43. The second-order valence-corrected chi connectivity index (χ2v) is 4.65. The third-order valence-corrected chi connectivity index (χ3v) is 2.43. The molecule has 0 aromatic carbocycles. The highest BCUT2D eigenvalue weighted by molar-refractivity contribution is 5.96. The van der Waals surface area contributed by atoms with E-state index in [1.54, 1.807) is 0 Å². The Morgan fingerprint density at radius 3 is 2.00 bits per heavy atom. The summed E-state index contributed by atoms with van der Waals surface area (Å²) in [5.74, 6) is -0.276. The van der Waals surface area contributed by atoms with Gasteiger partial charge in [-0.1, -0.05) is 0 Å². The molecule has 16 heavy (non-hydrogen) atoms. The average Bonchev–Trinajstić information content (AvgIpc) is 2.09. The lowest BCUT2D eigenvalue weighted by Crippen LogP contribution is -2.42. The highest BCUT2D eigenvalue weighted by atomic mass is 16.2. The van der Waals surface area contributed by atoms with Gasteiger partial charge in [-0.3, -0.25) is 14.5 Å². The Labute approximate surface area is 98.4 Å². The van der Waals surface area contributed by atoms with E-state index in [-0.39, 0.29) is 18.1 Å². The van der Waals surface area contributed by atoms with Gasteiger partial charge in [0.1, 0.15) is 5.78 Å². The quantitative estimate of drug-likeness (QED) is 0.666. The lowest BCUT2D eigenvalue weighted by Gasteiger charge is -2.30. The Bertz CT molecular complexity index is 229. The summed E-state index contributed by atoms with van der Waals surface area (Å²) < 4.78 is 0. The van der Waals surface area contributed by atoms with Gasteiger partial charge in [0.25, 0.3) is 0 Å². The first kappa shape index (κ1) is 15.1. The Balaban J connectivity index is 3.86. The van der Waals surface area contributed by atoms with E-state index in [1.165, 1.54) is 6.92 Å². The standard InChI is InChI=1S/C12H24N2O2/c1-9(2)14(10(3)4)7-6-13-12(16)8-11(5)15/h9-10H,6-8H2,1-5H3,(H,13,16). The van der Waals surface area contributed by atoms with Crippen molar-refractivity contribution in [3.63, 3.8) is 0 Å². The highest BCUT2D eigenvalue weighted by Gasteiger charge is 2.13. The maximum Gasteiger partial charge on any atom is 0.227 e. The molecule has 4 nitrogen and oxygen atoms in total. The number of hydrogen-bond donors (Lipinski definition) is 1. The monoisotopic (exact) mass is 228 g/mol. The van der Waals surface area contributed by atoms with Crippen molar-refractivity contribution in [1.29, 1.82) is 0 Å². The lowest BCUT2D eigenvalue weighted by molar-refractivity contribution is -0.127. The lowest BCUT2D eigenvalue weighted by atomic mass is 10.2. The zero-order chi connectivity index (χ0) is 12.7. The Hall–Kier alpha value is -0.900. The molecule has 0 aromatic rings. The van der Waals surface area contributed by atoms with Crippen LogP contribution in [0.5, 0.6) is 0 Å². The first-order valence-corrected chi connectivity index (χ1v) is 5.86.